The highest BCUT2D eigenvalue weighted by molar-refractivity contribution is 5.96. The summed E-state index contributed by atoms with van der Waals surface area (Å²) in [6.07, 6.45) is 2.92. The fraction of sp³-hybridized carbons (Fsp3) is 0.250. The van der Waals surface area contributed by atoms with Crippen LogP contribution in [0.4, 0.5) is 0 Å². The van der Waals surface area contributed by atoms with Gasteiger partial charge in [-0.25, -0.2) is 5.43 Å². The van der Waals surface area contributed by atoms with E-state index in [1.165, 1.54) is 26.7 Å². The average Bonchev–Trinajstić information content (AvgIpc) is 3.00. The molecule has 0 saturated carbocycles. The van der Waals surface area contributed by atoms with Gasteiger partial charge in [-0.15, -0.1) is 0 Å². The maximum absolute atomic E-state index is 11.9. The number of ether oxygens (including phenoxy) is 3. The summed E-state index contributed by atoms with van der Waals surface area (Å²) in [4.78, 5) is 11.9. The molecule has 7 heteroatoms. The number of hydrazone groups is 1. The summed E-state index contributed by atoms with van der Waals surface area (Å²) in [5.41, 5.74) is 3.50. The number of benzene rings is 1. The van der Waals surface area contributed by atoms with Gasteiger partial charge in [0.2, 0.25) is 0 Å². The molecule has 1 heterocycles. The van der Waals surface area contributed by atoms with E-state index in [1.807, 2.05) is 0 Å². The van der Waals surface area contributed by atoms with Gasteiger partial charge >= 0.3 is 0 Å². The number of carbonyl (C=O) groups is 1. The van der Waals surface area contributed by atoms with Gasteiger partial charge in [-0.05, 0) is 19.1 Å². The predicted octanol–water partition coefficient (Wildman–Crippen LogP) is 2.38. The normalized spacial score (nSPS) is 10.6. The Bertz CT molecular complexity index is 721. The molecule has 0 fully saturated rings. The number of hydrogen-bond donors (Lipinski definition) is 1. The third-order valence-corrected chi connectivity index (χ3v) is 3.21. The van der Waals surface area contributed by atoms with Crippen LogP contribution in [0.1, 0.15) is 21.7 Å². The smallest absolute Gasteiger partial charge is 0.274 e. The van der Waals surface area contributed by atoms with E-state index in [0.717, 1.165) is 0 Å². The summed E-state index contributed by atoms with van der Waals surface area (Å²) in [7, 11) is 4.61. The summed E-state index contributed by atoms with van der Waals surface area (Å²) in [6.45, 7) is 1.70. The molecule has 0 bridgehead atoms. The summed E-state index contributed by atoms with van der Waals surface area (Å²) in [5, 5.41) is 3.94. The molecule has 0 saturated heterocycles. The van der Waals surface area contributed by atoms with Crippen molar-refractivity contribution in [3.63, 3.8) is 0 Å². The number of furan rings is 1. The summed E-state index contributed by atoms with van der Waals surface area (Å²) < 4.78 is 20.8. The number of hydrogen-bond acceptors (Lipinski definition) is 6. The fourth-order valence-corrected chi connectivity index (χ4v) is 1.99. The van der Waals surface area contributed by atoms with Gasteiger partial charge in [0.15, 0.2) is 11.5 Å². The minimum atomic E-state index is -0.355. The molecule has 0 atom stereocenters. The highest BCUT2D eigenvalue weighted by atomic mass is 16.5. The van der Waals surface area contributed by atoms with E-state index in [4.69, 9.17) is 18.6 Å². The molecule has 0 unspecified atom stereocenters. The van der Waals surface area contributed by atoms with Gasteiger partial charge in [0, 0.05) is 11.6 Å². The lowest BCUT2D eigenvalue weighted by molar-refractivity contribution is 0.0953. The SMILES string of the molecule is COc1cc(OC)c(OC)cc1C=NNC(=O)c1ccoc1C. The van der Waals surface area contributed by atoms with Crippen molar-refractivity contribution in [1.82, 2.24) is 5.43 Å². The lowest BCUT2D eigenvalue weighted by Crippen LogP contribution is -2.17. The Morgan fingerprint density at radius 3 is 2.35 bits per heavy atom. The van der Waals surface area contributed by atoms with Crippen molar-refractivity contribution in [2.45, 2.75) is 6.92 Å². The molecule has 1 aromatic carbocycles. The molecular weight excluding hydrogens is 300 g/mol. The van der Waals surface area contributed by atoms with Crippen molar-refractivity contribution in [1.29, 1.82) is 0 Å². The van der Waals surface area contributed by atoms with Gasteiger partial charge in [-0.2, -0.15) is 5.10 Å². The Morgan fingerprint density at radius 1 is 1.13 bits per heavy atom. The molecule has 23 heavy (non-hydrogen) atoms. The first-order chi connectivity index (χ1) is 11.1. The number of aryl methyl sites for hydroxylation is 1. The second kappa shape index (κ2) is 7.35. The van der Waals surface area contributed by atoms with Crippen molar-refractivity contribution in [2.24, 2.45) is 5.10 Å². The number of nitrogens with zero attached hydrogens (tertiary/aromatic N) is 1. The average molecular weight is 318 g/mol. The molecule has 1 amide bonds. The molecule has 0 aliphatic heterocycles. The zero-order chi connectivity index (χ0) is 16.8. The molecule has 1 N–H and O–H groups in total. The van der Waals surface area contributed by atoms with E-state index in [2.05, 4.69) is 10.5 Å². The van der Waals surface area contributed by atoms with Crippen LogP contribution in [0.15, 0.2) is 34.0 Å². The highest BCUT2D eigenvalue weighted by Gasteiger charge is 2.12. The van der Waals surface area contributed by atoms with E-state index < -0.39 is 0 Å². The summed E-state index contributed by atoms with van der Waals surface area (Å²) in [5.74, 6) is 1.79. The molecule has 122 valence electrons. The molecule has 2 aromatic rings. The predicted molar refractivity (Wildman–Crippen MR) is 84.6 cm³/mol. The number of amides is 1. The Kier molecular flexibility index (Phi) is 5.24. The Hall–Kier alpha value is -2.96. The van der Waals surface area contributed by atoms with Crippen LogP contribution in [-0.4, -0.2) is 33.5 Å². The maximum Gasteiger partial charge on any atom is 0.274 e. The van der Waals surface area contributed by atoms with Crippen LogP contribution < -0.4 is 19.6 Å². The molecule has 2 rings (SSSR count). The number of nitrogens with one attached hydrogen (secondary N) is 1. The highest BCUT2D eigenvalue weighted by Crippen LogP contribution is 2.33. The molecule has 1 aromatic heterocycles. The minimum Gasteiger partial charge on any atom is -0.496 e. The van der Waals surface area contributed by atoms with Gasteiger partial charge in [0.1, 0.15) is 11.5 Å². The first-order valence-corrected chi connectivity index (χ1v) is 6.78. The first kappa shape index (κ1) is 16.4. The molecule has 7 nitrogen and oxygen atoms in total. The quantitative estimate of drug-likeness (QED) is 0.653. The zero-order valence-corrected chi connectivity index (χ0v) is 13.4. The molecule has 0 spiro atoms. The van der Waals surface area contributed by atoms with E-state index in [9.17, 15) is 4.79 Å². The zero-order valence-electron chi connectivity index (χ0n) is 13.4. The molecule has 0 radical (unpaired) electrons. The Balaban J connectivity index is 2.18. The topological polar surface area (TPSA) is 82.3 Å². The monoisotopic (exact) mass is 318 g/mol. The number of methoxy groups -OCH3 is 3. The van der Waals surface area contributed by atoms with Gasteiger partial charge in [-0.3, -0.25) is 4.79 Å². The summed E-state index contributed by atoms with van der Waals surface area (Å²) >= 11 is 0. The second-order valence-corrected chi connectivity index (χ2v) is 4.54. The van der Waals surface area contributed by atoms with Crippen LogP contribution in [0.25, 0.3) is 0 Å². The lowest BCUT2D eigenvalue weighted by atomic mass is 10.2. The van der Waals surface area contributed by atoms with Crippen LogP contribution in [-0.2, 0) is 0 Å². The third kappa shape index (κ3) is 3.63. The van der Waals surface area contributed by atoms with Crippen LogP contribution in [0, 0.1) is 6.92 Å². The van der Waals surface area contributed by atoms with Crippen molar-refractivity contribution in [3.8, 4) is 17.2 Å². The van der Waals surface area contributed by atoms with E-state index >= 15 is 0 Å². The number of carbonyl (C=O) groups excluding carboxylic acids is 1. The lowest BCUT2D eigenvalue weighted by Gasteiger charge is -2.11. The van der Waals surface area contributed by atoms with Gasteiger partial charge in [0.25, 0.3) is 5.91 Å². The third-order valence-electron chi connectivity index (χ3n) is 3.21. The molecule has 0 aliphatic carbocycles. The van der Waals surface area contributed by atoms with Crippen LogP contribution in [0.3, 0.4) is 0 Å². The van der Waals surface area contributed by atoms with Crippen LogP contribution in [0.2, 0.25) is 0 Å². The van der Waals surface area contributed by atoms with E-state index in [1.54, 1.807) is 32.2 Å². The molecular formula is C16H18N2O5. The minimum absolute atomic E-state index is 0.355. The van der Waals surface area contributed by atoms with Crippen molar-refractivity contribution >= 4 is 12.1 Å². The van der Waals surface area contributed by atoms with Crippen LogP contribution in [0.5, 0.6) is 17.2 Å². The maximum atomic E-state index is 11.9. The Labute approximate surface area is 133 Å². The molecule has 0 aliphatic rings. The van der Waals surface area contributed by atoms with Crippen LogP contribution >= 0.6 is 0 Å². The number of rotatable bonds is 6. The van der Waals surface area contributed by atoms with Crippen molar-refractivity contribution < 1.29 is 23.4 Å². The van der Waals surface area contributed by atoms with Gasteiger partial charge in [0.05, 0.1) is 39.4 Å². The van der Waals surface area contributed by atoms with Gasteiger partial charge in [-0.1, -0.05) is 0 Å². The van der Waals surface area contributed by atoms with Gasteiger partial charge < -0.3 is 18.6 Å². The second-order valence-electron chi connectivity index (χ2n) is 4.54. The largest absolute Gasteiger partial charge is 0.496 e. The fourth-order valence-electron chi connectivity index (χ4n) is 1.99. The summed E-state index contributed by atoms with van der Waals surface area (Å²) in [6, 6.07) is 4.97. The van der Waals surface area contributed by atoms with E-state index in [0.29, 0.717) is 34.1 Å². The van der Waals surface area contributed by atoms with E-state index in [-0.39, 0.29) is 5.91 Å². The van der Waals surface area contributed by atoms with Crippen molar-refractivity contribution in [3.05, 3.63) is 41.3 Å². The first-order valence-electron chi connectivity index (χ1n) is 6.78. The Morgan fingerprint density at radius 2 is 1.78 bits per heavy atom. The van der Waals surface area contributed by atoms with Crippen molar-refractivity contribution in [2.75, 3.05) is 21.3 Å². The standard InChI is InChI=1S/C16H18N2O5/c1-10-12(5-6-23-10)16(19)18-17-9-11-7-14(21-3)15(22-4)8-13(11)20-2/h5-9H,1-4H3,(H,18,19).